The summed E-state index contributed by atoms with van der Waals surface area (Å²) in [5, 5.41) is 14.4. The number of nitrogens with one attached hydrogen (secondary N) is 2. The zero-order valence-electron chi connectivity index (χ0n) is 12.2. The predicted octanol–water partition coefficient (Wildman–Crippen LogP) is 0.832. The van der Waals surface area contributed by atoms with Gasteiger partial charge in [-0.25, -0.2) is 4.79 Å². The molecule has 116 valence electrons. The number of carboxylic acid groups (broad SMARTS) is 1. The van der Waals surface area contributed by atoms with Crippen molar-refractivity contribution in [3.8, 4) is 0 Å². The van der Waals surface area contributed by atoms with Crippen LogP contribution in [0.25, 0.3) is 0 Å². The van der Waals surface area contributed by atoms with E-state index in [9.17, 15) is 19.5 Å². The molecular weight excluding hydrogens is 262 g/mol. The lowest BCUT2D eigenvalue weighted by atomic mass is 9.82. The van der Waals surface area contributed by atoms with Crippen LogP contribution in [0.3, 0.4) is 0 Å². The monoisotopic (exact) mass is 287 g/mol. The van der Waals surface area contributed by atoms with Crippen LogP contribution in [0, 0.1) is 5.41 Å². The van der Waals surface area contributed by atoms with Crippen LogP contribution in [-0.4, -0.2) is 36.1 Å². The van der Waals surface area contributed by atoms with Crippen molar-refractivity contribution in [3.05, 3.63) is 0 Å². The van der Waals surface area contributed by atoms with Crippen LogP contribution in [0.15, 0.2) is 0 Å². The lowest BCUT2D eigenvalue weighted by Gasteiger charge is -2.26. The average Bonchev–Trinajstić information content (AvgIpc) is 2.39. The van der Waals surface area contributed by atoms with Crippen LogP contribution in [-0.2, 0) is 9.59 Å². The van der Waals surface area contributed by atoms with Crippen LogP contribution in [0.2, 0.25) is 0 Å². The topological polar surface area (TPSA) is 122 Å². The Kier molecular flexibility index (Phi) is 8.35. The molecule has 0 spiro atoms. The molecule has 0 aromatic heterocycles. The molecule has 0 aliphatic heterocycles. The van der Waals surface area contributed by atoms with Crippen molar-refractivity contribution in [1.82, 2.24) is 10.6 Å². The van der Waals surface area contributed by atoms with Crippen LogP contribution in [0.5, 0.6) is 0 Å². The molecule has 7 heteroatoms. The molecule has 0 saturated heterocycles. The fourth-order valence-corrected chi connectivity index (χ4v) is 1.82. The van der Waals surface area contributed by atoms with E-state index in [1.165, 1.54) is 0 Å². The van der Waals surface area contributed by atoms with Gasteiger partial charge in [0.15, 0.2) is 0 Å². The molecule has 0 fully saturated rings. The van der Waals surface area contributed by atoms with Crippen LogP contribution >= 0.6 is 0 Å². The molecule has 0 bridgehead atoms. The molecule has 0 rings (SSSR count). The maximum absolute atomic E-state index is 11.5. The zero-order chi connectivity index (χ0) is 15.6. The molecule has 0 radical (unpaired) electrons. The molecule has 0 heterocycles. The lowest BCUT2D eigenvalue weighted by molar-refractivity contribution is -0.149. The van der Waals surface area contributed by atoms with E-state index in [1.807, 2.05) is 0 Å². The summed E-state index contributed by atoms with van der Waals surface area (Å²) in [7, 11) is 0. The Labute approximate surface area is 119 Å². The third-order valence-corrected chi connectivity index (χ3v) is 3.53. The Balaban J connectivity index is 3.97. The molecule has 0 aliphatic rings. The molecular formula is C13H25N3O4. The maximum Gasteiger partial charge on any atom is 0.314 e. The highest BCUT2D eigenvalue weighted by Gasteiger charge is 2.35. The van der Waals surface area contributed by atoms with Gasteiger partial charge in [0, 0.05) is 19.5 Å². The quantitative estimate of drug-likeness (QED) is 0.444. The number of aliphatic carboxylic acids is 1. The van der Waals surface area contributed by atoms with Gasteiger partial charge < -0.3 is 21.5 Å². The van der Waals surface area contributed by atoms with E-state index < -0.39 is 17.4 Å². The van der Waals surface area contributed by atoms with Crippen molar-refractivity contribution in [2.24, 2.45) is 11.1 Å². The number of hydrogen-bond donors (Lipinski definition) is 4. The van der Waals surface area contributed by atoms with Gasteiger partial charge in [0.2, 0.25) is 5.91 Å². The first-order valence-electron chi connectivity index (χ1n) is 6.91. The van der Waals surface area contributed by atoms with Gasteiger partial charge in [-0.05, 0) is 25.7 Å². The Morgan fingerprint density at radius 3 is 2.15 bits per heavy atom. The number of nitrogens with two attached hydrogens (primary N) is 1. The predicted molar refractivity (Wildman–Crippen MR) is 75.1 cm³/mol. The molecule has 0 aromatic carbocycles. The van der Waals surface area contributed by atoms with E-state index in [-0.39, 0.29) is 12.5 Å². The molecule has 0 unspecified atom stereocenters. The summed E-state index contributed by atoms with van der Waals surface area (Å²) in [6, 6.07) is -0.392. The minimum atomic E-state index is -0.913. The van der Waals surface area contributed by atoms with Gasteiger partial charge in [-0.1, -0.05) is 13.8 Å². The number of hydrogen-bond acceptors (Lipinski definition) is 3. The Hall–Kier alpha value is -1.79. The molecule has 7 nitrogen and oxygen atoms in total. The number of carbonyl (C=O) groups is 3. The number of carboxylic acids is 1. The van der Waals surface area contributed by atoms with Gasteiger partial charge in [0.05, 0.1) is 5.41 Å². The highest BCUT2D eigenvalue weighted by molar-refractivity contribution is 5.78. The molecule has 20 heavy (non-hydrogen) atoms. The number of primary amides is 1. The largest absolute Gasteiger partial charge is 0.481 e. The average molecular weight is 287 g/mol. The number of unbranched alkanes of at least 4 members (excludes halogenated alkanes) is 1. The van der Waals surface area contributed by atoms with Crippen LogP contribution in [0.4, 0.5) is 4.79 Å². The minimum absolute atomic E-state index is 0.0997. The van der Waals surface area contributed by atoms with E-state index in [4.69, 9.17) is 5.73 Å². The van der Waals surface area contributed by atoms with Gasteiger partial charge in [-0.3, -0.25) is 9.59 Å². The molecule has 3 amide bonds. The van der Waals surface area contributed by atoms with E-state index >= 15 is 0 Å². The second-order valence-corrected chi connectivity index (χ2v) is 4.83. The number of amides is 3. The van der Waals surface area contributed by atoms with Gasteiger partial charge in [-0.15, -0.1) is 0 Å². The first-order valence-corrected chi connectivity index (χ1v) is 6.91. The number of carbonyl (C=O) groups excluding carboxylic acids is 2. The van der Waals surface area contributed by atoms with E-state index in [0.717, 1.165) is 0 Å². The summed E-state index contributed by atoms with van der Waals surface area (Å²) in [5.41, 5.74) is 4.08. The highest BCUT2D eigenvalue weighted by atomic mass is 16.4. The SMILES string of the molecule is CCC(CC)(CNC(=O)NCCCCC(N)=O)C(=O)O. The van der Waals surface area contributed by atoms with Crippen molar-refractivity contribution < 1.29 is 19.5 Å². The van der Waals surface area contributed by atoms with Gasteiger partial charge in [-0.2, -0.15) is 0 Å². The highest BCUT2D eigenvalue weighted by Crippen LogP contribution is 2.25. The third kappa shape index (κ3) is 6.40. The Morgan fingerprint density at radius 2 is 1.70 bits per heavy atom. The number of urea groups is 1. The summed E-state index contributed by atoms with van der Waals surface area (Å²) in [6.07, 6.45) is 2.49. The van der Waals surface area contributed by atoms with E-state index in [1.54, 1.807) is 13.8 Å². The summed E-state index contributed by atoms with van der Waals surface area (Å²) in [5.74, 6) is -1.25. The smallest absolute Gasteiger partial charge is 0.314 e. The van der Waals surface area contributed by atoms with Crippen LogP contribution < -0.4 is 16.4 Å². The van der Waals surface area contributed by atoms with Crippen molar-refractivity contribution >= 4 is 17.9 Å². The molecule has 0 aliphatic carbocycles. The molecule has 5 N–H and O–H groups in total. The summed E-state index contributed by atoms with van der Waals surface area (Å²) >= 11 is 0. The Morgan fingerprint density at radius 1 is 1.10 bits per heavy atom. The van der Waals surface area contributed by atoms with Crippen molar-refractivity contribution in [2.75, 3.05) is 13.1 Å². The maximum atomic E-state index is 11.5. The lowest BCUT2D eigenvalue weighted by Crippen LogP contribution is -2.46. The third-order valence-electron chi connectivity index (χ3n) is 3.53. The van der Waals surface area contributed by atoms with Crippen molar-refractivity contribution in [3.63, 3.8) is 0 Å². The molecule has 0 saturated carbocycles. The zero-order valence-corrected chi connectivity index (χ0v) is 12.2. The first kappa shape index (κ1) is 18.2. The van der Waals surface area contributed by atoms with Gasteiger partial charge in [0.25, 0.3) is 0 Å². The van der Waals surface area contributed by atoms with Crippen molar-refractivity contribution in [2.45, 2.75) is 46.0 Å². The van der Waals surface area contributed by atoms with E-state index in [0.29, 0.717) is 38.6 Å². The normalized spacial score (nSPS) is 10.9. The summed E-state index contributed by atoms with van der Waals surface area (Å²) < 4.78 is 0. The standard InChI is InChI=1S/C13H25N3O4/c1-3-13(4-2,11(18)19)9-16-12(20)15-8-6-5-7-10(14)17/h3-9H2,1-2H3,(H2,14,17)(H,18,19)(H2,15,16,20). The second-order valence-electron chi connectivity index (χ2n) is 4.83. The van der Waals surface area contributed by atoms with Crippen molar-refractivity contribution in [1.29, 1.82) is 0 Å². The summed E-state index contributed by atoms with van der Waals surface area (Å²) in [4.78, 5) is 33.3. The number of rotatable bonds is 10. The Bertz CT molecular complexity index is 341. The fourth-order valence-electron chi connectivity index (χ4n) is 1.82. The fraction of sp³-hybridized carbons (Fsp3) is 0.769. The minimum Gasteiger partial charge on any atom is -0.481 e. The van der Waals surface area contributed by atoms with Gasteiger partial charge in [0.1, 0.15) is 0 Å². The molecule has 0 aromatic rings. The second kappa shape index (κ2) is 9.17. The summed E-state index contributed by atoms with van der Waals surface area (Å²) in [6.45, 7) is 4.11. The first-order chi connectivity index (χ1) is 9.38. The van der Waals surface area contributed by atoms with E-state index in [2.05, 4.69) is 10.6 Å². The van der Waals surface area contributed by atoms with Crippen LogP contribution in [0.1, 0.15) is 46.0 Å². The van der Waals surface area contributed by atoms with Gasteiger partial charge >= 0.3 is 12.0 Å². The molecule has 0 atom stereocenters.